The lowest BCUT2D eigenvalue weighted by Crippen LogP contribution is -2.46. The van der Waals surface area contributed by atoms with Gasteiger partial charge in [0.05, 0.1) is 6.20 Å². The van der Waals surface area contributed by atoms with Crippen LogP contribution in [0.2, 0.25) is 0 Å². The van der Waals surface area contributed by atoms with Crippen LogP contribution in [0.4, 0.5) is 0 Å². The summed E-state index contributed by atoms with van der Waals surface area (Å²) < 4.78 is 1.54. The summed E-state index contributed by atoms with van der Waals surface area (Å²) >= 11 is 0. The summed E-state index contributed by atoms with van der Waals surface area (Å²) in [6.45, 7) is 0. The van der Waals surface area contributed by atoms with Gasteiger partial charge in [0.15, 0.2) is 5.65 Å². The fraction of sp³-hybridized carbons (Fsp3) is 0.500. The van der Waals surface area contributed by atoms with Gasteiger partial charge in [0.1, 0.15) is 11.6 Å². The first kappa shape index (κ1) is 14.2. The van der Waals surface area contributed by atoms with Crippen molar-refractivity contribution in [2.45, 2.75) is 44.2 Å². The molecule has 1 saturated carbocycles. The molecule has 2 aliphatic rings. The first-order valence-corrected chi connectivity index (χ1v) is 8.00. The summed E-state index contributed by atoms with van der Waals surface area (Å²) in [5, 5.41) is 13.7. The molecular formula is C16H18N4O3. The number of aliphatic carboxylic acids is 1. The Morgan fingerprint density at radius 3 is 2.91 bits per heavy atom. The van der Waals surface area contributed by atoms with Gasteiger partial charge in [-0.05, 0) is 31.2 Å². The second kappa shape index (κ2) is 5.33. The number of aromatic nitrogens is 3. The third kappa shape index (κ3) is 2.18. The van der Waals surface area contributed by atoms with Gasteiger partial charge in [-0.15, -0.1) is 0 Å². The molecule has 7 nitrogen and oxygen atoms in total. The zero-order valence-corrected chi connectivity index (χ0v) is 12.6. The van der Waals surface area contributed by atoms with Gasteiger partial charge in [-0.25, -0.2) is 14.3 Å². The maximum atomic E-state index is 13.1. The topological polar surface area (TPSA) is 87.8 Å². The molecule has 3 heterocycles. The van der Waals surface area contributed by atoms with Crippen molar-refractivity contribution in [3.05, 3.63) is 30.2 Å². The van der Waals surface area contributed by atoms with Crippen molar-refractivity contribution in [3.8, 4) is 0 Å². The highest BCUT2D eigenvalue weighted by Crippen LogP contribution is 2.40. The maximum Gasteiger partial charge on any atom is 0.326 e. The molecule has 0 radical (unpaired) electrons. The van der Waals surface area contributed by atoms with Crippen LogP contribution < -0.4 is 0 Å². The van der Waals surface area contributed by atoms with E-state index in [-0.39, 0.29) is 11.9 Å². The molecule has 0 spiro atoms. The number of carbonyl (C=O) groups excluding carboxylic acids is 1. The number of carbonyl (C=O) groups is 2. The Hall–Kier alpha value is -2.44. The molecule has 2 aromatic heterocycles. The molecule has 1 amide bonds. The van der Waals surface area contributed by atoms with Gasteiger partial charge in [-0.3, -0.25) is 4.79 Å². The van der Waals surface area contributed by atoms with Crippen LogP contribution >= 0.6 is 0 Å². The molecule has 1 aliphatic heterocycles. The number of hydrogen-bond acceptors (Lipinski definition) is 4. The van der Waals surface area contributed by atoms with Crippen molar-refractivity contribution >= 4 is 17.5 Å². The summed E-state index contributed by atoms with van der Waals surface area (Å²) in [4.78, 5) is 30.5. The van der Waals surface area contributed by atoms with E-state index in [1.165, 1.54) is 10.7 Å². The summed E-state index contributed by atoms with van der Waals surface area (Å²) in [5.41, 5.74) is 0.851. The molecule has 0 aromatic carbocycles. The van der Waals surface area contributed by atoms with E-state index in [0.717, 1.165) is 25.7 Å². The number of amides is 1. The molecule has 23 heavy (non-hydrogen) atoms. The highest BCUT2D eigenvalue weighted by Gasteiger charge is 2.48. The van der Waals surface area contributed by atoms with E-state index < -0.39 is 12.0 Å². The first-order chi connectivity index (χ1) is 11.2. The number of likely N-dealkylation sites (tertiary alicyclic amines) is 1. The largest absolute Gasteiger partial charge is 0.480 e. The van der Waals surface area contributed by atoms with Gasteiger partial charge in [0.2, 0.25) is 0 Å². The molecule has 4 rings (SSSR count). The minimum Gasteiger partial charge on any atom is -0.480 e. The molecule has 1 aliphatic carbocycles. The zero-order valence-electron chi connectivity index (χ0n) is 12.6. The van der Waals surface area contributed by atoms with Gasteiger partial charge in [0, 0.05) is 18.4 Å². The molecule has 3 unspecified atom stereocenters. The number of rotatable bonds is 2. The molecule has 0 bridgehead atoms. The summed E-state index contributed by atoms with van der Waals surface area (Å²) in [5.74, 6) is -0.888. The third-order valence-corrected chi connectivity index (χ3v) is 5.12. The Morgan fingerprint density at radius 2 is 2.09 bits per heavy atom. The van der Waals surface area contributed by atoms with Gasteiger partial charge in [0.25, 0.3) is 5.91 Å². The Balaban J connectivity index is 1.74. The van der Waals surface area contributed by atoms with Crippen molar-refractivity contribution < 1.29 is 14.7 Å². The van der Waals surface area contributed by atoms with Gasteiger partial charge in [-0.2, -0.15) is 5.10 Å². The van der Waals surface area contributed by atoms with E-state index in [0.29, 0.717) is 23.5 Å². The lowest BCUT2D eigenvalue weighted by molar-refractivity contribution is -0.141. The maximum absolute atomic E-state index is 13.1. The summed E-state index contributed by atoms with van der Waals surface area (Å²) in [6, 6.07) is 1.02. The van der Waals surface area contributed by atoms with Crippen LogP contribution in [0.25, 0.3) is 5.65 Å². The van der Waals surface area contributed by atoms with Crippen LogP contribution in [0.3, 0.4) is 0 Å². The molecule has 7 heteroatoms. The fourth-order valence-electron chi connectivity index (χ4n) is 4.09. The van der Waals surface area contributed by atoms with Crippen molar-refractivity contribution in [2.75, 3.05) is 0 Å². The average Bonchev–Trinajstić information content (AvgIpc) is 3.16. The van der Waals surface area contributed by atoms with Gasteiger partial charge >= 0.3 is 5.97 Å². The Labute approximate surface area is 132 Å². The molecule has 120 valence electrons. The number of nitrogens with zero attached hydrogens (tertiary/aromatic N) is 4. The van der Waals surface area contributed by atoms with Crippen LogP contribution in [-0.4, -0.2) is 48.6 Å². The second-order valence-electron chi connectivity index (χ2n) is 6.36. The third-order valence-electron chi connectivity index (χ3n) is 5.12. The van der Waals surface area contributed by atoms with E-state index >= 15 is 0 Å². The molecular weight excluding hydrogens is 296 g/mol. The highest BCUT2D eigenvalue weighted by atomic mass is 16.4. The molecule has 2 fully saturated rings. The van der Waals surface area contributed by atoms with E-state index in [1.807, 2.05) is 0 Å². The monoisotopic (exact) mass is 314 g/mol. The van der Waals surface area contributed by atoms with Gasteiger partial charge in [-0.1, -0.05) is 12.8 Å². The van der Waals surface area contributed by atoms with Gasteiger partial charge < -0.3 is 10.0 Å². The lowest BCUT2D eigenvalue weighted by atomic mass is 9.84. The number of carboxylic acids is 1. The average molecular weight is 314 g/mol. The highest BCUT2D eigenvalue weighted by molar-refractivity contribution is 6.01. The van der Waals surface area contributed by atoms with Crippen LogP contribution in [0, 0.1) is 5.92 Å². The predicted molar refractivity (Wildman–Crippen MR) is 80.9 cm³/mol. The van der Waals surface area contributed by atoms with Crippen LogP contribution in [0.15, 0.2) is 24.7 Å². The van der Waals surface area contributed by atoms with Crippen LogP contribution in [-0.2, 0) is 4.79 Å². The first-order valence-electron chi connectivity index (χ1n) is 8.00. The van der Waals surface area contributed by atoms with Crippen molar-refractivity contribution in [2.24, 2.45) is 5.92 Å². The Bertz CT molecular complexity index is 772. The minimum atomic E-state index is -0.919. The normalized spacial score (nSPS) is 27.1. The van der Waals surface area contributed by atoms with E-state index in [4.69, 9.17) is 0 Å². The fourth-order valence-corrected chi connectivity index (χ4v) is 4.09. The molecule has 1 saturated heterocycles. The molecule has 2 aromatic rings. The van der Waals surface area contributed by atoms with Crippen molar-refractivity contribution in [1.29, 1.82) is 0 Å². The van der Waals surface area contributed by atoms with E-state index in [2.05, 4.69) is 10.1 Å². The number of carboxylic acid groups (broad SMARTS) is 1. The zero-order chi connectivity index (χ0) is 16.0. The predicted octanol–water partition coefficient (Wildman–Crippen LogP) is 1.59. The SMILES string of the molecule is O=C(O)C1CC2CCCCC2N1C(=O)c1cnn2cccnc12. The Morgan fingerprint density at radius 1 is 1.26 bits per heavy atom. The van der Waals surface area contributed by atoms with Crippen molar-refractivity contribution in [1.82, 2.24) is 19.5 Å². The van der Waals surface area contributed by atoms with Crippen LogP contribution in [0.5, 0.6) is 0 Å². The van der Waals surface area contributed by atoms with E-state index in [9.17, 15) is 14.7 Å². The Kier molecular flexibility index (Phi) is 3.28. The minimum absolute atomic E-state index is 0.0241. The standard InChI is InChI=1S/C16H18N4O3/c21-15(11-9-18-19-7-3-6-17-14(11)19)20-12-5-2-1-4-10(12)8-13(20)16(22)23/h3,6-7,9-10,12-13H,1-2,4-5,8H2,(H,22,23). The smallest absolute Gasteiger partial charge is 0.326 e. The molecule has 1 N–H and O–H groups in total. The second-order valence-corrected chi connectivity index (χ2v) is 6.36. The van der Waals surface area contributed by atoms with E-state index in [1.54, 1.807) is 23.4 Å². The van der Waals surface area contributed by atoms with Crippen molar-refractivity contribution in [3.63, 3.8) is 0 Å². The number of fused-ring (bicyclic) bond motifs is 2. The molecule has 3 atom stereocenters. The quantitative estimate of drug-likeness (QED) is 0.909. The summed E-state index contributed by atoms with van der Waals surface area (Å²) in [6.07, 6.45) is 9.42. The summed E-state index contributed by atoms with van der Waals surface area (Å²) in [7, 11) is 0. The number of hydrogen-bond donors (Lipinski definition) is 1. The van der Waals surface area contributed by atoms with Crippen LogP contribution in [0.1, 0.15) is 42.5 Å². The lowest BCUT2D eigenvalue weighted by Gasteiger charge is -2.32.